The Balaban J connectivity index is 1.58. The predicted molar refractivity (Wildman–Crippen MR) is 104 cm³/mol. The lowest BCUT2D eigenvalue weighted by molar-refractivity contribution is -0.115. The largest absolute Gasteiger partial charge is 0.394 e. The molecular formula is C20H19N5O2. The number of aliphatic hydroxyl groups is 1. The summed E-state index contributed by atoms with van der Waals surface area (Å²) in [4.78, 5) is 20.9. The summed E-state index contributed by atoms with van der Waals surface area (Å²) in [6, 6.07) is 14.9. The first-order chi connectivity index (χ1) is 13.1. The van der Waals surface area contributed by atoms with Crippen LogP contribution in [0.1, 0.15) is 17.2 Å². The molecule has 7 nitrogen and oxygen atoms in total. The molecule has 2 aromatic carbocycles. The number of guanidine groups is 1. The third kappa shape index (κ3) is 3.45. The van der Waals surface area contributed by atoms with Crippen LogP contribution < -0.4 is 10.6 Å². The van der Waals surface area contributed by atoms with Gasteiger partial charge in [-0.3, -0.25) is 10.1 Å². The molecule has 3 N–H and O–H groups in total. The number of hydrogen-bond acceptors (Lipinski definition) is 5. The van der Waals surface area contributed by atoms with Crippen molar-refractivity contribution in [2.24, 2.45) is 12.0 Å². The maximum absolute atomic E-state index is 12.3. The van der Waals surface area contributed by atoms with Crippen LogP contribution in [0.2, 0.25) is 0 Å². The van der Waals surface area contributed by atoms with Gasteiger partial charge < -0.3 is 15.0 Å². The number of nitrogens with zero attached hydrogens (tertiary/aromatic N) is 3. The summed E-state index contributed by atoms with van der Waals surface area (Å²) >= 11 is 0. The zero-order chi connectivity index (χ0) is 18.8. The maximum Gasteiger partial charge on any atom is 0.276 e. The van der Waals surface area contributed by atoms with Gasteiger partial charge in [0.05, 0.1) is 30.0 Å². The molecule has 1 aliphatic heterocycles. The van der Waals surface area contributed by atoms with Gasteiger partial charge in [-0.2, -0.15) is 0 Å². The second-order valence-corrected chi connectivity index (χ2v) is 6.34. The molecule has 0 saturated heterocycles. The Kier molecular flexibility index (Phi) is 4.43. The van der Waals surface area contributed by atoms with Crippen LogP contribution in [0.5, 0.6) is 0 Å². The molecule has 4 rings (SSSR count). The maximum atomic E-state index is 12.3. The number of hydrogen-bond donors (Lipinski definition) is 3. The van der Waals surface area contributed by atoms with Gasteiger partial charge in [-0.05, 0) is 29.3 Å². The number of nitrogens with one attached hydrogen (secondary N) is 2. The molecule has 0 unspecified atom stereocenters. The number of rotatable bonds is 4. The SMILES string of the molecule is Cn1cnc2ccc(/C=C3\N=C(N[C@@H](CO)c4ccccc4)NC3=O)cc21. The fourth-order valence-corrected chi connectivity index (χ4v) is 3.01. The fraction of sp³-hybridized carbons (Fsp3) is 0.150. The number of aliphatic hydroxyl groups excluding tert-OH is 1. The molecule has 1 atom stereocenters. The van der Waals surface area contributed by atoms with Crippen molar-refractivity contribution in [2.75, 3.05) is 6.61 Å². The van der Waals surface area contributed by atoms with E-state index in [1.165, 1.54) is 0 Å². The van der Waals surface area contributed by atoms with Crippen LogP contribution in [-0.2, 0) is 11.8 Å². The summed E-state index contributed by atoms with van der Waals surface area (Å²) in [5.74, 6) is 0.0446. The van der Waals surface area contributed by atoms with Gasteiger partial charge in [0.2, 0.25) is 5.96 Å². The van der Waals surface area contributed by atoms with E-state index in [0.29, 0.717) is 11.7 Å². The lowest BCUT2D eigenvalue weighted by Crippen LogP contribution is -2.39. The van der Waals surface area contributed by atoms with Gasteiger partial charge in [-0.25, -0.2) is 9.98 Å². The quantitative estimate of drug-likeness (QED) is 0.617. The van der Waals surface area contributed by atoms with Gasteiger partial charge in [0, 0.05) is 7.05 Å². The van der Waals surface area contributed by atoms with Crippen molar-refractivity contribution >= 4 is 29.0 Å². The Morgan fingerprint density at radius 3 is 2.85 bits per heavy atom. The fourth-order valence-electron chi connectivity index (χ4n) is 3.01. The standard InChI is InChI=1S/C20H19N5O2/c1-25-12-21-15-8-7-13(10-18(15)25)9-16-19(27)24-20(22-16)23-17(11-26)14-5-3-2-4-6-14/h2-10,12,17,26H,11H2,1H3,(H2,22,23,24,27)/b16-9-/t17-/m0/s1. The summed E-state index contributed by atoms with van der Waals surface area (Å²) in [7, 11) is 1.92. The number of aryl methyl sites for hydroxylation is 1. The van der Waals surface area contributed by atoms with Crippen LogP contribution in [0.4, 0.5) is 0 Å². The number of aromatic nitrogens is 2. The minimum atomic E-state index is -0.351. The zero-order valence-electron chi connectivity index (χ0n) is 14.8. The van der Waals surface area contributed by atoms with E-state index in [-0.39, 0.29) is 18.6 Å². The van der Waals surface area contributed by atoms with Crippen molar-refractivity contribution in [3.8, 4) is 0 Å². The van der Waals surface area contributed by atoms with Gasteiger partial charge in [0.1, 0.15) is 5.70 Å². The number of carbonyl (C=O) groups is 1. The number of carbonyl (C=O) groups excluding carboxylic acids is 1. The van der Waals surface area contributed by atoms with E-state index < -0.39 is 0 Å². The minimum Gasteiger partial charge on any atom is -0.394 e. The first-order valence-corrected chi connectivity index (χ1v) is 8.59. The first kappa shape index (κ1) is 17.0. The van der Waals surface area contributed by atoms with E-state index in [1.54, 1.807) is 12.4 Å². The Morgan fingerprint density at radius 2 is 2.07 bits per heavy atom. The van der Waals surface area contributed by atoms with Crippen LogP contribution in [0.3, 0.4) is 0 Å². The molecule has 27 heavy (non-hydrogen) atoms. The smallest absolute Gasteiger partial charge is 0.276 e. The normalized spacial score (nSPS) is 16.4. The van der Waals surface area contributed by atoms with Crippen molar-refractivity contribution < 1.29 is 9.90 Å². The third-order valence-electron chi connectivity index (χ3n) is 4.45. The zero-order valence-corrected chi connectivity index (χ0v) is 14.8. The molecule has 1 amide bonds. The molecule has 7 heteroatoms. The van der Waals surface area contributed by atoms with Gasteiger partial charge >= 0.3 is 0 Å². The van der Waals surface area contributed by atoms with Gasteiger partial charge in [0.25, 0.3) is 5.91 Å². The molecule has 0 radical (unpaired) electrons. The lowest BCUT2D eigenvalue weighted by Gasteiger charge is -2.17. The summed E-state index contributed by atoms with van der Waals surface area (Å²) < 4.78 is 1.92. The van der Waals surface area contributed by atoms with Crippen LogP contribution in [0.15, 0.2) is 65.5 Å². The highest BCUT2D eigenvalue weighted by atomic mass is 16.3. The summed E-state index contributed by atoms with van der Waals surface area (Å²) in [5, 5.41) is 15.4. The van der Waals surface area contributed by atoms with Crippen molar-refractivity contribution in [3.63, 3.8) is 0 Å². The molecule has 0 spiro atoms. The van der Waals surface area contributed by atoms with E-state index >= 15 is 0 Å². The van der Waals surface area contributed by atoms with E-state index in [2.05, 4.69) is 20.6 Å². The summed E-state index contributed by atoms with van der Waals surface area (Å²) in [6.45, 7) is -0.116. The summed E-state index contributed by atoms with van der Waals surface area (Å²) in [6.07, 6.45) is 3.48. The highest BCUT2D eigenvalue weighted by Gasteiger charge is 2.22. The summed E-state index contributed by atoms with van der Waals surface area (Å²) in [5.41, 5.74) is 3.97. The molecule has 1 aromatic heterocycles. The average molecular weight is 361 g/mol. The lowest BCUT2D eigenvalue weighted by atomic mass is 10.1. The second kappa shape index (κ2) is 7.05. The van der Waals surface area contributed by atoms with E-state index in [4.69, 9.17) is 0 Å². The number of aliphatic imine (C=N–C) groups is 1. The monoisotopic (exact) mass is 361 g/mol. The number of imidazole rings is 1. The Bertz CT molecular complexity index is 1050. The van der Waals surface area contributed by atoms with Gasteiger partial charge in [-0.15, -0.1) is 0 Å². The molecular weight excluding hydrogens is 342 g/mol. The van der Waals surface area contributed by atoms with E-state index in [9.17, 15) is 9.90 Å². The predicted octanol–water partition coefficient (Wildman–Crippen LogP) is 1.72. The van der Waals surface area contributed by atoms with Crippen LogP contribution in [-0.4, -0.2) is 33.1 Å². The highest BCUT2D eigenvalue weighted by molar-refractivity contribution is 6.13. The molecule has 2 heterocycles. The Hall–Kier alpha value is -3.45. The molecule has 0 fully saturated rings. The number of benzene rings is 2. The average Bonchev–Trinajstić information content (AvgIpc) is 3.23. The van der Waals surface area contributed by atoms with Crippen LogP contribution in [0, 0.1) is 0 Å². The van der Waals surface area contributed by atoms with Crippen molar-refractivity contribution in [1.82, 2.24) is 20.2 Å². The molecule has 3 aromatic rings. The highest BCUT2D eigenvalue weighted by Crippen LogP contribution is 2.18. The Labute approximate surface area is 156 Å². The Morgan fingerprint density at radius 1 is 1.26 bits per heavy atom. The van der Waals surface area contributed by atoms with Gasteiger partial charge in [0.15, 0.2) is 0 Å². The van der Waals surface area contributed by atoms with Crippen LogP contribution >= 0.6 is 0 Å². The molecule has 0 saturated carbocycles. The van der Waals surface area contributed by atoms with E-state index in [1.807, 2.05) is 60.1 Å². The first-order valence-electron chi connectivity index (χ1n) is 8.59. The number of fused-ring (bicyclic) bond motifs is 1. The molecule has 0 aliphatic carbocycles. The van der Waals surface area contributed by atoms with Crippen molar-refractivity contribution in [1.29, 1.82) is 0 Å². The van der Waals surface area contributed by atoms with Gasteiger partial charge in [-0.1, -0.05) is 36.4 Å². The van der Waals surface area contributed by atoms with Crippen LogP contribution in [0.25, 0.3) is 17.1 Å². The molecule has 0 bridgehead atoms. The second-order valence-electron chi connectivity index (χ2n) is 6.34. The van der Waals surface area contributed by atoms with E-state index in [0.717, 1.165) is 22.2 Å². The molecule has 1 aliphatic rings. The number of amides is 1. The van der Waals surface area contributed by atoms with Crippen molar-refractivity contribution in [3.05, 3.63) is 71.7 Å². The molecule has 136 valence electrons. The topological polar surface area (TPSA) is 91.5 Å². The third-order valence-corrected chi connectivity index (χ3v) is 4.45. The minimum absolute atomic E-state index is 0.116. The van der Waals surface area contributed by atoms with Crippen molar-refractivity contribution in [2.45, 2.75) is 6.04 Å².